The van der Waals surface area contributed by atoms with E-state index in [1.807, 2.05) is 60.0 Å². The Hall–Kier alpha value is -5.73. The third kappa shape index (κ3) is 10.3. The molecule has 0 unspecified atom stereocenters. The Kier molecular flexibility index (Phi) is 13.4. The number of nitrogens with one attached hydrogen (secondary N) is 2. The molecular formula is C41H48N6O12. The predicted octanol–water partition coefficient (Wildman–Crippen LogP) is 2.79. The molecule has 3 aromatic carbocycles. The summed E-state index contributed by atoms with van der Waals surface area (Å²) in [6.07, 6.45) is -9.70. The maximum atomic E-state index is 13.5. The number of hydrogen-bond acceptors (Lipinski definition) is 14. The maximum absolute atomic E-state index is 13.5. The van der Waals surface area contributed by atoms with Crippen LogP contribution in [0.1, 0.15) is 49.7 Å². The monoisotopic (exact) mass is 816 g/mol. The van der Waals surface area contributed by atoms with Crippen LogP contribution in [-0.4, -0.2) is 107 Å². The highest BCUT2D eigenvalue weighted by Crippen LogP contribution is 2.34. The molecule has 3 heterocycles. The fourth-order valence-corrected chi connectivity index (χ4v) is 6.64. The summed E-state index contributed by atoms with van der Waals surface area (Å²) >= 11 is 0. The highest BCUT2D eigenvalue weighted by Gasteiger charge is 2.48. The van der Waals surface area contributed by atoms with Crippen molar-refractivity contribution in [3.05, 3.63) is 89.2 Å². The Morgan fingerprint density at radius 3 is 2.36 bits per heavy atom. The van der Waals surface area contributed by atoms with Crippen LogP contribution in [0.3, 0.4) is 0 Å². The van der Waals surface area contributed by atoms with Crippen LogP contribution in [-0.2, 0) is 50.0 Å². The molecule has 18 heteroatoms. The number of ether oxygens (including phenoxy) is 4. The Bertz CT molecular complexity index is 2300. The molecule has 5 aromatic rings. The van der Waals surface area contributed by atoms with Crippen LogP contribution in [0.5, 0.6) is 5.75 Å². The number of aliphatic carboxylic acids is 1. The SMILES string of the molecule is CCOCc1nc2c(NC(=O)OCc3ccc(O[C@@H]4O[C@H](C(=O)O)[C@@H](O)[C@H](O)[C@H]4O)c(NC(=O)CCN)c3)nc3cc(Cc4ccccc4)ccc3c2n1CC(C)(C)O. The summed E-state index contributed by atoms with van der Waals surface area (Å²) in [5.74, 6) is -1.58. The second-order valence-electron chi connectivity index (χ2n) is 14.7. The quantitative estimate of drug-likeness (QED) is 0.0712. The van der Waals surface area contributed by atoms with E-state index in [4.69, 9.17) is 34.6 Å². The minimum Gasteiger partial charge on any atom is -0.479 e. The number of benzene rings is 3. The zero-order chi connectivity index (χ0) is 42.4. The molecule has 1 fully saturated rings. The van der Waals surface area contributed by atoms with Crippen molar-refractivity contribution in [3.63, 3.8) is 0 Å². The number of fused-ring (bicyclic) bond motifs is 3. The number of pyridine rings is 1. The molecule has 314 valence electrons. The Labute approximate surface area is 338 Å². The van der Waals surface area contributed by atoms with Crippen LogP contribution in [0.15, 0.2) is 66.7 Å². The molecule has 0 saturated carbocycles. The molecule has 59 heavy (non-hydrogen) atoms. The molecule has 0 radical (unpaired) electrons. The number of aliphatic hydroxyl groups excluding tert-OH is 3. The normalized spacial score (nSPS) is 19.4. The van der Waals surface area contributed by atoms with Crippen molar-refractivity contribution < 1.29 is 58.9 Å². The van der Waals surface area contributed by atoms with E-state index in [9.17, 15) is 39.9 Å². The minimum absolute atomic E-state index is 0.0212. The molecule has 9 N–H and O–H groups in total. The number of carbonyl (C=O) groups is 3. The summed E-state index contributed by atoms with van der Waals surface area (Å²) in [5, 5.41) is 57.3. The molecule has 1 aliphatic rings. The van der Waals surface area contributed by atoms with Gasteiger partial charge in [-0.3, -0.25) is 10.1 Å². The molecular weight excluding hydrogens is 768 g/mol. The van der Waals surface area contributed by atoms with Gasteiger partial charge in [-0.05, 0) is 62.1 Å². The third-order valence-corrected chi connectivity index (χ3v) is 9.39. The van der Waals surface area contributed by atoms with E-state index in [2.05, 4.69) is 10.6 Å². The van der Waals surface area contributed by atoms with Gasteiger partial charge in [-0.15, -0.1) is 0 Å². The Balaban J connectivity index is 1.29. The zero-order valence-electron chi connectivity index (χ0n) is 32.7. The second-order valence-corrected chi connectivity index (χ2v) is 14.7. The smallest absolute Gasteiger partial charge is 0.413 e. The largest absolute Gasteiger partial charge is 0.479 e. The van der Waals surface area contributed by atoms with E-state index in [1.165, 1.54) is 18.2 Å². The van der Waals surface area contributed by atoms with Crippen LogP contribution in [0.25, 0.3) is 21.9 Å². The maximum Gasteiger partial charge on any atom is 0.413 e. The van der Waals surface area contributed by atoms with E-state index in [-0.39, 0.29) is 50.0 Å². The van der Waals surface area contributed by atoms with Gasteiger partial charge in [0.05, 0.1) is 28.9 Å². The number of amides is 2. The minimum atomic E-state index is -1.93. The van der Waals surface area contributed by atoms with Crippen molar-refractivity contribution in [2.75, 3.05) is 23.8 Å². The molecule has 2 amide bonds. The van der Waals surface area contributed by atoms with Gasteiger partial charge in [-0.25, -0.2) is 19.6 Å². The van der Waals surface area contributed by atoms with Gasteiger partial charge in [0.2, 0.25) is 12.2 Å². The lowest BCUT2D eigenvalue weighted by Crippen LogP contribution is -2.61. The topological polar surface area (TPSA) is 270 Å². The van der Waals surface area contributed by atoms with Crippen molar-refractivity contribution >= 4 is 51.4 Å². The van der Waals surface area contributed by atoms with Gasteiger partial charge in [0, 0.05) is 25.0 Å². The predicted molar refractivity (Wildman–Crippen MR) is 213 cm³/mol. The molecule has 0 spiro atoms. The van der Waals surface area contributed by atoms with Crippen LogP contribution >= 0.6 is 0 Å². The molecule has 6 rings (SSSR count). The summed E-state index contributed by atoms with van der Waals surface area (Å²) in [6.45, 7) is 5.66. The Morgan fingerprint density at radius 1 is 0.915 bits per heavy atom. The van der Waals surface area contributed by atoms with Crippen LogP contribution in [0.2, 0.25) is 0 Å². The van der Waals surface area contributed by atoms with Gasteiger partial charge in [-0.1, -0.05) is 48.5 Å². The molecule has 1 aliphatic heterocycles. The first-order valence-corrected chi connectivity index (χ1v) is 19.0. The molecule has 5 atom stereocenters. The molecule has 2 aromatic heterocycles. The van der Waals surface area contributed by atoms with Gasteiger partial charge in [-0.2, -0.15) is 0 Å². The summed E-state index contributed by atoms with van der Waals surface area (Å²) in [7, 11) is 0. The molecule has 1 saturated heterocycles. The van der Waals surface area contributed by atoms with Crippen LogP contribution in [0, 0.1) is 0 Å². The number of aromatic nitrogens is 3. The lowest BCUT2D eigenvalue weighted by molar-refractivity contribution is -0.271. The lowest BCUT2D eigenvalue weighted by Gasteiger charge is -2.38. The first-order valence-electron chi connectivity index (χ1n) is 19.0. The summed E-state index contributed by atoms with van der Waals surface area (Å²) in [4.78, 5) is 47.4. The highest BCUT2D eigenvalue weighted by atomic mass is 16.7. The van der Waals surface area contributed by atoms with Crippen molar-refractivity contribution in [1.29, 1.82) is 0 Å². The van der Waals surface area contributed by atoms with Gasteiger partial charge in [0.1, 0.15) is 48.6 Å². The number of rotatable bonds is 16. The number of carbonyl (C=O) groups excluding carboxylic acids is 2. The van der Waals surface area contributed by atoms with Crippen molar-refractivity contribution in [2.45, 2.75) is 89.7 Å². The number of hydrogen-bond donors (Lipinski definition) is 8. The number of anilines is 2. The number of carboxylic acid groups (broad SMARTS) is 1. The lowest BCUT2D eigenvalue weighted by atomic mass is 9.99. The van der Waals surface area contributed by atoms with Gasteiger partial charge in [0.15, 0.2) is 11.9 Å². The summed E-state index contributed by atoms with van der Waals surface area (Å²) in [6, 6.07) is 20.1. The molecule has 0 aliphatic carbocycles. The zero-order valence-corrected chi connectivity index (χ0v) is 32.7. The fraction of sp³-hybridized carbons (Fsp3) is 0.390. The first kappa shape index (κ1) is 42.9. The highest BCUT2D eigenvalue weighted by molar-refractivity contribution is 6.09. The number of nitrogens with zero attached hydrogens (tertiary/aromatic N) is 3. The average molecular weight is 817 g/mol. The van der Waals surface area contributed by atoms with Crippen molar-refractivity contribution in [1.82, 2.24) is 14.5 Å². The standard InChI is InChI=1S/C41H48N6O12/c1-4-56-20-29-45-31-32(47(29)21-41(2,3)55)25-12-10-23(16-22-8-6-5-7-9-22)17-26(25)44-37(31)46-40(54)57-19-24-11-13-28(27(18-24)43-30(48)14-15-42)58-39-35(51)33(49)34(50)36(59-39)38(52)53/h5-13,17-18,33-36,39,49-51,55H,4,14-16,19-21,42H2,1-3H3,(H,43,48)(H,52,53)(H,44,46,54)/t33-,34-,35+,36-,39+/m0/s1. The summed E-state index contributed by atoms with van der Waals surface area (Å²) < 4.78 is 24.2. The van der Waals surface area contributed by atoms with Gasteiger partial charge < -0.3 is 60.1 Å². The van der Waals surface area contributed by atoms with E-state index < -0.39 is 54.3 Å². The third-order valence-electron chi connectivity index (χ3n) is 9.39. The van der Waals surface area contributed by atoms with Gasteiger partial charge >= 0.3 is 12.1 Å². The fourth-order valence-electron chi connectivity index (χ4n) is 6.64. The van der Waals surface area contributed by atoms with Crippen LogP contribution < -0.4 is 21.1 Å². The van der Waals surface area contributed by atoms with E-state index in [1.54, 1.807) is 13.8 Å². The Morgan fingerprint density at radius 2 is 1.66 bits per heavy atom. The summed E-state index contributed by atoms with van der Waals surface area (Å²) in [5.41, 5.74) is 8.44. The molecule has 18 nitrogen and oxygen atoms in total. The number of imidazole rings is 1. The second kappa shape index (κ2) is 18.5. The number of carboxylic acids is 1. The van der Waals surface area contributed by atoms with E-state index in [0.29, 0.717) is 41.0 Å². The van der Waals surface area contributed by atoms with Gasteiger partial charge in [0.25, 0.3) is 0 Å². The van der Waals surface area contributed by atoms with E-state index in [0.717, 1.165) is 16.5 Å². The average Bonchev–Trinajstić information content (AvgIpc) is 3.54. The first-order chi connectivity index (χ1) is 28.1. The van der Waals surface area contributed by atoms with Crippen molar-refractivity contribution in [2.24, 2.45) is 5.73 Å². The number of nitrogens with two attached hydrogens (primary N) is 1. The van der Waals surface area contributed by atoms with Crippen molar-refractivity contribution in [3.8, 4) is 5.75 Å². The molecule has 0 bridgehead atoms. The van der Waals surface area contributed by atoms with E-state index >= 15 is 0 Å². The number of aliphatic hydroxyl groups is 4. The van der Waals surface area contributed by atoms with Crippen LogP contribution in [0.4, 0.5) is 16.3 Å².